The Labute approximate surface area is 348 Å². The van der Waals surface area contributed by atoms with Crippen LogP contribution in [-0.2, 0) is 37.6 Å². The number of anilines is 1. The summed E-state index contributed by atoms with van der Waals surface area (Å²) in [6, 6.07) is 3.22. The van der Waals surface area contributed by atoms with Gasteiger partial charge in [0.05, 0.1) is 17.1 Å². The molecule has 1 aromatic carbocycles. The summed E-state index contributed by atoms with van der Waals surface area (Å²) in [5.74, 6) is -1.80. The second kappa shape index (κ2) is 16.5. The van der Waals surface area contributed by atoms with Crippen LogP contribution < -0.4 is 21.9 Å². The summed E-state index contributed by atoms with van der Waals surface area (Å²) in [6.45, 7) is 12.8. The van der Waals surface area contributed by atoms with Gasteiger partial charge < -0.3 is 40.4 Å². The molecule has 2 aromatic rings. The number of nitrogens with two attached hydrogens (primary N) is 1. The van der Waals surface area contributed by atoms with Crippen molar-refractivity contribution in [3.8, 4) is 0 Å². The number of nitrogen functional groups attached to an aromatic ring is 1. The summed E-state index contributed by atoms with van der Waals surface area (Å²) in [7, 11) is 0. The zero-order chi connectivity index (χ0) is 43.2. The van der Waals surface area contributed by atoms with E-state index in [1.165, 1.54) is 16.7 Å². The molecule has 15 nitrogen and oxygen atoms in total. The number of benzene rings is 1. The molecule has 59 heavy (non-hydrogen) atoms. The van der Waals surface area contributed by atoms with Gasteiger partial charge in [0.25, 0.3) is 11.5 Å². The van der Waals surface area contributed by atoms with E-state index in [-0.39, 0.29) is 65.7 Å². The second-order valence-corrected chi connectivity index (χ2v) is 18.2. The minimum Gasteiger partial charge on any atom is -0.459 e. The number of pyridine rings is 1. The van der Waals surface area contributed by atoms with Crippen LogP contribution in [0.1, 0.15) is 108 Å². The fraction of sp³-hybridized carbons (Fsp3) is 0.571. The summed E-state index contributed by atoms with van der Waals surface area (Å²) >= 11 is 6.03. The highest BCUT2D eigenvalue weighted by molar-refractivity contribution is 6.30. The Balaban J connectivity index is 1.22. The Morgan fingerprint density at radius 3 is 2.39 bits per heavy atom. The smallest absolute Gasteiger partial charge is 0.408 e. The first-order valence-electron chi connectivity index (χ1n) is 20.1. The number of ether oxygens (including phenoxy) is 3. The molecular weight excluding hydrogens is 785 g/mol. The fourth-order valence-electron chi connectivity index (χ4n) is 8.58. The fourth-order valence-corrected chi connectivity index (χ4v) is 8.78. The lowest BCUT2D eigenvalue weighted by Gasteiger charge is -2.44. The number of esters is 1. The van der Waals surface area contributed by atoms with Crippen LogP contribution in [0, 0.1) is 23.1 Å². The van der Waals surface area contributed by atoms with Gasteiger partial charge >= 0.3 is 18.2 Å². The van der Waals surface area contributed by atoms with Crippen LogP contribution in [0.5, 0.6) is 0 Å². The number of amidine groups is 1. The quantitative estimate of drug-likeness (QED) is 0.0873. The third-order valence-electron chi connectivity index (χ3n) is 11.1. The molecule has 1 aromatic heterocycles. The van der Waals surface area contributed by atoms with Gasteiger partial charge in [-0.1, -0.05) is 29.8 Å². The van der Waals surface area contributed by atoms with E-state index < -0.39 is 64.5 Å². The molecule has 6 rings (SSSR count). The Bertz CT molecular complexity index is 2130. The molecule has 3 heterocycles. The lowest BCUT2D eigenvalue weighted by molar-refractivity contribution is -0.152. The minimum absolute atomic E-state index is 0.0238. The Morgan fingerprint density at radius 2 is 1.76 bits per heavy atom. The number of carbonyl (C=O) groups excluding carboxylic acids is 4. The lowest BCUT2D eigenvalue weighted by Crippen LogP contribution is -2.56. The average molecular weight is 840 g/mol. The number of hydrogen-bond donors (Lipinski definition) is 4. The molecule has 2 aliphatic carbocycles. The number of nitrogens with zero attached hydrogens (tertiary/aromatic N) is 3. The van der Waals surface area contributed by atoms with Gasteiger partial charge in [-0.25, -0.2) is 18.8 Å². The molecule has 0 bridgehead atoms. The summed E-state index contributed by atoms with van der Waals surface area (Å²) in [5.41, 5.74) is 4.88. The largest absolute Gasteiger partial charge is 0.459 e. The Kier molecular flexibility index (Phi) is 12.2. The maximum Gasteiger partial charge on any atom is 0.408 e. The molecular formula is C42H55ClFN7O8. The standard InChI is InChI=1S/C42H55ClFN7O8/c1-23(57-37(54)30(48-39(56)59-41(5,6)7)10-8-9-18-47-38(55)58-40(2,3)4)21-50-36(53)33-26-16-19-49(22-24-11-14-29(44)28(43)20-24)34(46)31(26)32(45)35(52)51(33)42(50)17-15-25-12-13-27(25)42/h11-14,20,23,25,27,30,46H,8-10,15-19,21-22,45H2,1-7H3,(H,47,55)(H,48,56). The van der Waals surface area contributed by atoms with Gasteiger partial charge in [-0.15, -0.1) is 0 Å². The van der Waals surface area contributed by atoms with Crippen LogP contribution >= 0.6 is 11.6 Å². The second-order valence-electron chi connectivity index (χ2n) is 17.8. The van der Waals surface area contributed by atoms with Gasteiger partial charge in [-0.2, -0.15) is 0 Å². The predicted molar refractivity (Wildman–Crippen MR) is 219 cm³/mol. The first kappa shape index (κ1) is 43.5. The maximum atomic E-state index is 14.8. The first-order valence-corrected chi connectivity index (χ1v) is 20.5. The maximum absolute atomic E-state index is 14.8. The number of unbranched alkanes of at least 4 members (excludes halogenated alkanes) is 1. The van der Waals surface area contributed by atoms with Gasteiger partial charge in [0.15, 0.2) is 0 Å². The van der Waals surface area contributed by atoms with Gasteiger partial charge in [-0.05, 0) is 116 Å². The van der Waals surface area contributed by atoms with Gasteiger partial charge in [-0.3, -0.25) is 19.6 Å². The highest BCUT2D eigenvalue weighted by Gasteiger charge is 2.62. The van der Waals surface area contributed by atoms with Crippen molar-refractivity contribution in [2.24, 2.45) is 11.8 Å². The van der Waals surface area contributed by atoms with Crippen LogP contribution in [0.15, 0.2) is 35.1 Å². The molecule has 0 radical (unpaired) electrons. The minimum atomic E-state index is -1.10. The number of carbonyl (C=O) groups is 4. The monoisotopic (exact) mass is 839 g/mol. The highest BCUT2D eigenvalue weighted by Crippen LogP contribution is 2.56. The third kappa shape index (κ3) is 8.92. The van der Waals surface area contributed by atoms with E-state index in [0.717, 1.165) is 6.42 Å². The van der Waals surface area contributed by atoms with Crippen molar-refractivity contribution in [2.75, 3.05) is 25.4 Å². The van der Waals surface area contributed by atoms with E-state index in [0.29, 0.717) is 43.4 Å². The Morgan fingerprint density at radius 1 is 1.07 bits per heavy atom. The van der Waals surface area contributed by atoms with Crippen molar-refractivity contribution in [3.05, 3.63) is 73.9 Å². The van der Waals surface area contributed by atoms with Crippen molar-refractivity contribution in [3.63, 3.8) is 0 Å². The molecule has 1 spiro atoms. The zero-order valence-corrected chi connectivity index (χ0v) is 35.5. The van der Waals surface area contributed by atoms with Crippen LogP contribution in [-0.4, -0.2) is 87.2 Å². The zero-order valence-electron chi connectivity index (χ0n) is 34.7. The van der Waals surface area contributed by atoms with Crippen LogP contribution in [0.25, 0.3) is 0 Å². The molecule has 0 saturated heterocycles. The van der Waals surface area contributed by atoms with Crippen molar-refractivity contribution in [2.45, 2.75) is 123 Å². The molecule has 5 unspecified atom stereocenters. The Hall–Kier alpha value is -5.12. The summed E-state index contributed by atoms with van der Waals surface area (Å²) in [6.07, 6.45) is 4.40. The number of hydrogen-bond acceptors (Lipinski definition) is 10. The normalized spacial score (nSPS) is 21.6. The first-order chi connectivity index (χ1) is 27.6. The number of rotatable bonds is 12. The van der Waals surface area contributed by atoms with Gasteiger partial charge in [0.1, 0.15) is 52.0 Å². The molecule has 1 saturated carbocycles. The molecule has 3 amide bonds. The SMILES string of the molecule is CC(CN1C(=O)c2c3c(c(N)c(=O)n2C12CCC1C=CC12)C(=N)N(Cc1ccc(F)c(Cl)c1)CC3)OC(=O)C(CCCCNC(=O)OC(C)(C)C)NC(=O)OC(C)(C)C. The molecule has 17 heteroatoms. The van der Waals surface area contributed by atoms with Crippen molar-refractivity contribution in [1.82, 2.24) is 25.0 Å². The number of fused-ring (bicyclic) bond motifs is 6. The van der Waals surface area contributed by atoms with E-state index in [2.05, 4.69) is 16.7 Å². The molecule has 320 valence electrons. The van der Waals surface area contributed by atoms with E-state index in [9.17, 15) is 28.4 Å². The van der Waals surface area contributed by atoms with Crippen molar-refractivity contribution < 1.29 is 37.8 Å². The number of nitrogens with one attached hydrogen (secondary N) is 3. The van der Waals surface area contributed by atoms with Gasteiger partial charge in [0.2, 0.25) is 0 Å². The van der Waals surface area contributed by atoms with Gasteiger partial charge in [0, 0.05) is 25.6 Å². The summed E-state index contributed by atoms with van der Waals surface area (Å²) in [5, 5.41) is 14.4. The molecule has 2 aliphatic heterocycles. The number of halogens is 2. The topological polar surface area (TPSA) is 198 Å². The van der Waals surface area contributed by atoms with Crippen LogP contribution in [0.2, 0.25) is 5.02 Å². The molecule has 1 fully saturated rings. The molecule has 5 atom stereocenters. The van der Waals surface area contributed by atoms with Crippen molar-refractivity contribution in [1.29, 1.82) is 5.41 Å². The van der Waals surface area contributed by atoms with Crippen LogP contribution in [0.4, 0.5) is 19.7 Å². The van der Waals surface area contributed by atoms with Crippen LogP contribution in [0.3, 0.4) is 0 Å². The molecule has 5 N–H and O–H groups in total. The number of amides is 3. The number of alkyl carbamates (subject to hydrolysis) is 2. The summed E-state index contributed by atoms with van der Waals surface area (Å²) in [4.78, 5) is 71.3. The molecule has 4 aliphatic rings. The van der Waals surface area contributed by atoms with Crippen molar-refractivity contribution >= 4 is 47.2 Å². The van der Waals surface area contributed by atoms with E-state index in [1.54, 1.807) is 64.3 Å². The van der Waals surface area contributed by atoms with E-state index >= 15 is 0 Å². The number of aromatic nitrogens is 1. The summed E-state index contributed by atoms with van der Waals surface area (Å²) < 4.78 is 32.1. The van der Waals surface area contributed by atoms with E-state index in [4.69, 9.17) is 37.0 Å². The predicted octanol–water partition coefficient (Wildman–Crippen LogP) is 5.83. The lowest BCUT2D eigenvalue weighted by atomic mass is 9.79. The third-order valence-corrected chi connectivity index (χ3v) is 11.4. The highest BCUT2D eigenvalue weighted by atomic mass is 35.5. The average Bonchev–Trinajstić information content (AvgIpc) is 3.50. The number of allylic oxidation sites excluding steroid dienone is 1. The van der Waals surface area contributed by atoms with E-state index in [1.807, 2.05) is 6.08 Å².